The molecule has 2 rings (SSSR count). The molecule has 0 saturated heterocycles. The second-order valence-corrected chi connectivity index (χ2v) is 4.94. The van der Waals surface area contributed by atoms with E-state index in [-0.39, 0.29) is 10.7 Å². The van der Waals surface area contributed by atoms with Gasteiger partial charge in [0.25, 0.3) is 5.69 Å². The molecule has 0 aliphatic rings. The van der Waals surface area contributed by atoms with E-state index in [1.807, 2.05) is 0 Å². The number of nitro groups is 1. The number of ether oxygens (including phenoxy) is 1. The second kappa shape index (κ2) is 6.31. The van der Waals surface area contributed by atoms with Crippen molar-refractivity contribution in [3.8, 4) is 11.5 Å². The molecule has 0 atom stereocenters. The Morgan fingerprint density at radius 3 is 2.40 bits per heavy atom. The molecule has 0 bridgehead atoms. The van der Waals surface area contributed by atoms with Crippen molar-refractivity contribution in [1.29, 1.82) is 0 Å². The molecular weight excluding hydrogens is 325 g/mol. The van der Waals surface area contributed by atoms with Gasteiger partial charge in [0, 0.05) is 23.0 Å². The van der Waals surface area contributed by atoms with Gasteiger partial charge in [0.15, 0.2) is 0 Å². The average Bonchev–Trinajstić information content (AvgIpc) is 2.41. The summed E-state index contributed by atoms with van der Waals surface area (Å²) in [5.41, 5.74) is 0.688. The molecule has 4 nitrogen and oxygen atoms in total. The van der Waals surface area contributed by atoms with Crippen LogP contribution in [0.25, 0.3) is 0 Å². The quantitative estimate of drug-likeness (QED) is 0.426. The Hall–Kier alpha value is -1.49. The van der Waals surface area contributed by atoms with Gasteiger partial charge in [-0.1, -0.05) is 29.3 Å². The summed E-state index contributed by atoms with van der Waals surface area (Å²) in [6.07, 6.45) is 0. The maximum atomic E-state index is 10.6. The van der Waals surface area contributed by atoms with Crippen molar-refractivity contribution in [2.45, 2.75) is 5.88 Å². The third-order valence-corrected chi connectivity index (χ3v) is 3.46. The lowest BCUT2D eigenvalue weighted by Crippen LogP contribution is -1.90. The topological polar surface area (TPSA) is 52.4 Å². The molecule has 2 aromatic rings. The molecule has 0 aliphatic heterocycles. The molecule has 2 aromatic carbocycles. The van der Waals surface area contributed by atoms with E-state index in [4.69, 9.17) is 39.5 Å². The number of hydrogen-bond acceptors (Lipinski definition) is 3. The van der Waals surface area contributed by atoms with Crippen LogP contribution in [0.5, 0.6) is 11.5 Å². The number of nitrogens with zero attached hydrogens (tertiary/aromatic N) is 1. The third-order valence-electron chi connectivity index (χ3n) is 2.52. The van der Waals surface area contributed by atoms with Crippen molar-refractivity contribution in [2.24, 2.45) is 0 Å². The van der Waals surface area contributed by atoms with Crippen molar-refractivity contribution in [1.82, 2.24) is 0 Å². The second-order valence-electron chi connectivity index (χ2n) is 3.86. The van der Waals surface area contributed by atoms with Gasteiger partial charge < -0.3 is 4.74 Å². The molecule has 0 heterocycles. The molecule has 0 aromatic heterocycles. The molecule has 0 unspecified atom stereocenters. The molecular formula is C13H8Cl3NO3. The summed E-state index contributed by atoms with van der Waals surface area (Å²) >= 11 is 17.7. The van der Waals surface area contributed by atoms with Gasteiger partial charge in [0.1, 0.15) is 11.5 Å². The maximum Gasteiger partial charge on any atom is 0.271 e. The fraction of sp³-hybridized carbons (Fsp3) is 0.0769. The van der Waals surface area contributed by atoms with Crippen LogP contribution >= 0.6 is 34.8 Å². The van der Waals surface area contributed by atoms with Crippen LogP contribution in [-0.4, -0.2) is 4.92 Å². The summed E-state index contributed by atoms with van der Waals surface area (Å²) in [5.74, 6) is 1.09. The fourth-order valence-electron chi connectivity index (χ4n) is 1.51. The van der Waals surface area contributed by atoms with Crippen LogP contribution in [0.4, 0.5) is 5.69 Å². The first kappa shape index (κ1) is 14.9. The molecule has 0 saturated carbocycles. The molecule has 20 heavy (non-hydrogen) atoms. The summed E-state index contributed by atoms with van der Waals surface area (Å²) in [7, 11) is 0. The van der Waals surface area contributed by atoms with Gasteiger partial charge in [-0.25, -0.2) is 0 Å². The van der Waals surface area contributed by atoms with E-state index in [0.717, 1.165) is 5.56 Å². The van der Waals surface area contributed by atoms with Crippen LogP contribution < -0.4 is 4.74 Å². The normalized spacial score (nSPS) is 10.3. The molecule has 0 N–H and O–H groups in total. The summed E-state index contributed by atoms with van der Waals surface area (Å²) in [6.45, 7) is 0. The monoisotopic (exact) mass is 331 g/mol. The van der Waals surface area contributed by atoms with E-state index in [9.17, 15) is 10.1 Å². The van der Waals surface area contributed by atoms with Gasteiger partial charge in [-0.15, -0.1) is 11.6 Å². The van der Waals surface area contributed by atoms with E-state index >= 15 is 0 Å². The Balaban J connectivity index is 2.26. The lowest BCUT2D eigenvalue weighted by molar-refractivity contribution is -0.384. The number of non-ortho nitro benzene ring substituents is 1. The minimum atomic E-state index is -0.526. The average molecular weight is 333 g/mol. The zero-order chi connectivity index (χ0) is 14.7. The highest BCUT2D eigenvalue weighted by molar-refractivity contribution is 6.32. The van der Waals surface area contributed by atoms with Gasteiger partial charge in [-0.2, -0.15) is 0 Å². The zero-order valence-corrected chi connectivity index (χ0v) is 12.2. The van der Waals surface area contributed by atoms with Crippen molar-refractivity contribution in [2.75, 3.05) is 0 Å². The first-order valence-electron chi connectivity index (χ1n) is 5.47. The summed E-state index contributed by atoms with van der Waals surface area (Å²) < 4.78 is 5.54. The molecule has 104 valence electrons. The smallest absolute Gasteiger partial charge is 0.271 e. The molecule has 0 amide bonds. The number of alkyl halides is 1. The van der Waals surface area contributed by atoms with E-state index in [0.29, 0.717) is 22.4 Å². The highest BCUT2D eigenvalue weighted by Crippen LogP contribution is 2.33. The van der Waals surface area contributed by atoms with Gasteiger partial charge in [-0.05, 0) is 23.8 Å². The van der Waals surface area contributed by atoms with Crippen LogP contribution in [0.1, 0.15) is 5.56 Å². The summed E-state index contributed by atoms with van der Waals surface area (Å²) in [5, 5.41) is 11.2. The van der Waals surface area contributed by atoms with E-state index in [1.165, 1.54) is 18.2 Å². The Kier molecular flexibility index (Phi) is 4.70. The Morgan fingerprint density at radius 1 is 1.10 bits per heavy atom. The lowest BCUT2D eigenvalue weighted by Gasteiger charge is -2.09. The van der Waals surface area contributed by atoms with E-state index < -0.39 is 4.92 Å². The number of nitro benzene ring substituents is 1. The van der Waals surface area contributed by atoms with Crippen LogP contribution in [0.3, 0.4) is 0 Å². The highest BCUT2D eigenvalue weighted by Gasteiger charge is 2.11. The standard InChI is InChI=1S/C13H8Cl3NO3/c14-7-8-1-3-10(6-11(8)15)20-13-4-2-9(17(18)19)5-12(13)16/h1-6H,7H2. The van der Waals surface area contributed by atoms with Crippen molar-refractivity contribution < 1.29 is 9.66 Å². The molecule has 0 radical (unpaired) electrons. The van der Waals surface area contributed by atoms with Gasteiger partial charge in [-0.3, -0.25) is 10.1 Å². The minimum Gasteiger partial charge on any atom is -0.456 e. The van der Waals surface area contributed by atoms with Crippen LogP contribution in [0, 0.1) is 10.1 Å². The lowest BCUT2D eigenvalue weighted by atomic mass is 10.2. The van der Waals surface area contributed by atoms with Crippen molar-refractivity contribution >= 4 is 40.5 Å². The van der Waals surface area contributed by atoms with Crippen molar-refractivity contribution in [3.05, 3.63) is 62.1 Å². The van der Waals surface area contributed by atoms with Crippen LogP contribution in [0.15, 0.2) is 36.4 Å². The van der Waals surface area contributed by atoms with Gasteiger partial charge in [0.2, 0.25) is 0 Å². The predicted octanol–water partition coefficient (Wildman–Crippen LogP) is 5.43. The first-order valence-corrected chi connectivity index (χ1v) is 6.76. The van der Waals surface area contributed by atoms with Crippen LogP contribution in [-0.2, 0) is 5.88 Å². The molecule has 0 aliphatic carbocycles. The number of benzene rings is 2. The Bertz CT molecular complexity index is 661. The summed E-state index contributed by atoms with van der Waals surface area (Å²) in [6, 6.07) is 9.02. The fourth-order valence-corrected chi connectivity index (χ4v) is 2.27. The van der Waals surface area contributed by atoms with Gasteiger partial charge >= 0.3 is 0 Å². The highest BCUT2D eigenvalue weighted by atomic mass is 35.5. The van der Waals surface area contributed by atoms with E-state index in [2.05, 4.69) is 0 Å². The maximum absolute atomic E-state index is 10.6. The number of rotatable bonds is 4. The third kappa shape index (κ3) is 3.33. The van der Waals surface area contributed by atoms with Crippen molar-refractivity contribution in [3.63, 3.8) is 0 Å². The number of halogens is 3. The van der Waals surface area contributed by atoms with Gasteiger partial charge in [0.05, 0.1) is 9.95 Å². The number of hydrogen-bond donors (Lipinski definition) is 0. The first-order chi connectivity index (χ1) is 9.51. The Morgan fingerprint density at radius 2 is 1.85 bits per heavy atom. The zero-order valence-electron chi connectivity index (χ0n) is 9.98. The SMILES string of the molecule is O=[N+]([O-])c1ccc(Oc2ccc(CCl)c(Cl)c2)c(Cl)c1. The molecule has 0 spiro atoms. The Labute approximate surface area is 130 Å². The predicted molar refractivity (Wildman–Crippen MR) is 79.2 cm³/mol. The summed E-state index contributed by atoms with van der Waals surface area (Å²) in [4.78, 5) is 10.1. The van der Waals surface area contributed by atoms with Crippen LogP contribution in [0.2, 0.25) is 10.0 Å². The largest absolute Gasteiger partial charge is 0.456 e. The van der Waals surface area contributed by atoms with E-state index in [1.54, 1.807) is 18.2 Å². The molecule has 0 fully saturated rings. The minimum absolute atomic E-state index is 0.0992. The molecule has 7 heteroatoms.